The molecule has 0 fully saturated rings. The predicted molar refractivity (Wildman–Crippen MR) is 68.8 cm³/mol. The molecule has 0 spiro atoms. The molecule has 0 saturated carbocycles. The molecule has 0 saturated heterocycles. The monoisotopic (exact) mass is 260 g/mol. The van der Waals surface area contributed by atoms with Crippen molar-refractivity contribution < 1.29 is 8.42 Å². The van der Waals surface area contributed by atoms with Crippen molar-refractivity contribution in [3.05, 3.63) is 53.9 Å². The molecule has 1 aromatic carbocycles. The quantitative estimate of drug-likeness (QED) is 0.860. The van der Waals surface area contributed by atoms with E-state index in [1.165, 1.54) is 18.5 Å². The van der Waals surface area contributed by atoms with Crippen molar-refractivity contribution in [2.24, 2.45) is 0 Å². The predicted octanol–water partition coefficient (Wildman–Crippen LogP) is 2.22. The number of pyridine rings is 1. The molecule has 1 aromatic heterocycles. The van der Waals surface area contributed by atoms with E-state index in [1.807, 2.05) is 6.92 Å². The normalized spacial score (nSPS) is 11.2. The molecule has 0 bridgehead atoms. The van der Waals surface area contributed by atoms with Gasteiger partial charge in [0.2, 0.25) is 9.84 Å². The van der Waals surface area contributed by atoms with Crippen LogP contribution in [0.3, 0.4) is 0 Å². The summed E-state index contributed by atoms with van der Waals surface area (Å²) < 4.78 is 24.8. The number of benzene rings is 1. The van der Waals surface area contributed by atoms with Crippen LogP contribution >= 0.6 is 0 Å². The minimum Gasteiger partial charge on any atom is -0.308 e. The van der Waals surface area contributed by atoms with Gasteiger partial charge in [0.15, 0.2) is 0 Å². The van der Waals surface area contributed by atoms with E-state index in [2.05, 4.69) is 4.98 Å². The summed E-state index contributed by atoms with van der Waals surface area (Å²) in [5.74, 6) is 0. The second kappa shape index (κ2) is 4.70. The zero-order valence-electron chi connectivity index (χ0n) is 9.79. The minimum atomic E-state index is -3.61. The highest BCUT2D eigenvalue weighted by Gasteiger charge is 2.20. The molecule has 1 N–H and O–H groups in total. The van der Waals surface area contributed by atoms with E-state index in [0.717, 1.165) is 11.8 Å². The molecule has 92 valence electrons. The van der Waals surface area contributed by atoms with Crippen LogP contribution in [0.4, 0.5) is 0 Å². The van der Waals surface area contributed by atoms with Crippen LogP contribution in [-0.4, -0.2) is 19.6 Å². The Morgan fingerprint density at radius 2 is 1.83 bits per heavy atom. The maximum atomic E-state index is 12.4. The first-order valence-electron chi connectivity index (χ1n) is 5.32. The van der Waals surface area contributed by atoms with Crippen molar-refractivity contribution in [2.45, 2.75) is 16.7 Å². The largest absolute Gasteiger partial charge is 0.308 e. The fraction of sp³-hybridized carbons (Fsp3) is 0.0769. The van der Waals surface area contributed by atoms with Crippen LogP contribution in [0.2, 0.25) is 0 Å². The lowest BCUT2D eigenvalue weighted by Gasteiger charge is -2.07. The lowest BCUT2D eigenvalue weighted by atomic mass is 10.2. The van der Waals surface area contributed by atoms with Crippen molar-refractivity contribution in [3.63, 3.8) is 0 Å². The molecular formula is C13H12N2O2S. The van der Waals surface area contributed by atoms with E-state index < -0.39 is 9.84 Å². The number of hydrogen-bond acceptors (Lipinski definition) is 4. The van der Waals surface area contributed by atoms with E-state index in [9.17, 15) is 8.42 Å². The van der Waals surface area contributed by atoms with E-state index in [4.69, 9.17) is 5.41 Å². The molecule has 0 radical (unpaired) electrons. The third-order valence-electron chi connectivity index (χ3n) is 2.59. The topological polar surface area (TPSA) is 70.9 Å². The molecular weight excluding hydrogens is 248 g/mol. The maximum Gasteiger partial charge on any atom is 0.208 e. The number of hydrogen-bond donors (Lipinski definition) is 1. The molecule has 0 aliphatic rings. The van der Waals surface area contributed by atoms with Gasteiger partial charge in [0, 0.05) is 24.2 Å². The van der Waals surface area contributed by atoms with Crippen LogP contribution in [0.15, 0.2) is 52.5 Å². The molecule has 18 heavy (non-hydrogen) atoms. The number of aromatic nitrogens is 1. The van der Waals surface area contributed by atoms with Crippen LogP contribution in [0.25, 0.3) is 0 Å². The van der Waals surface area contributed by atoms with Gasteiger partial charge in [-0.1, -0.05) is 17.7 Å². The molecule has 0 unspecified atom stereocenters. The SMILES string of the molecule is Cc1ccc(S(=O)(=O)c2cnccc2C=N)cc1. The lowest BCUT2D eigenvalue weighted by molar-refractivity contribution is 0.595. The van der Waals surface area contributed by atoms with Gasteiger partial charge in [-0.25, -0.2) is 8.42 Å². The summed E-state index contributed by atoms with van der Waals surface area (Å²) in [4.78, 5) is 4.09. The van der Waals surface area contributed by atoms with Crippen molar-refractivity contribution in [1.29, 1.82) is 5.41 Å². The minimum absolute atomic E-state index is 0.0591. The second-order valence-electron chi connectivity index (χ2n) is 3.87. The fourth-order valence-electron chi connectivity index (χ4n) is 1.58. The van der Waals surface area contributed by atoms with Gasteiger partial charge in [-0.15, -0.1) is 0 Å². The number of sulfone groups is 1. The van der Waals surface area contributed by atoms with Crippen molar-refractivity contribution >= 4 is 16.1 Å². The molecule has 0 atom stereocenters. The number of aryl methyl sites for hydroxylation is 1. The molecule has 0 aliphatic carbocycles. The standard InChI is InChI=1S/C13H12N2O2S/c1-10-2-4-12(5-3-10)18(16,17)13-9-15-7-6-11(13)8-14/h2-9,14H,1H3. The Kier molecular flexibility index (Phi) is 3.25. The summed E-state index contributed by atoms with van der Waals surface area (Å²) in [7, 11) is -3.61. The Morgan fingerprint density at radius 3 is 2.44 bits per heavy atom. The van der Waals surface area contributed by atoms with Gasteiger partial charge in [0.1, 0.15) is 0 Å². The van der Waals surface area contributed by atoms with E-state index >= 15 is 0 Å². The third-order valence-corrected chi connectivity index (χ3v) is 4.41. The molecule has 1 heterocycles. The first-order chi connectivity index (χ1) is 8.55. The van der Waals surface area contributed by atoms with Crippen LogP contribution in [0, 0.1) is 12.3 Å². The van der Waals surface area contributed by atoms with Crippen molar-refractivity contribution in [2.75, 3.05) is 0 Å². The lowest BCUT2D eigenvalue weighted by Crippen LogP contribution is -2.06. The van der Waals surface area contributed by atoms with Gasteiger partial charge in [-0.3, -0.25) is 4.98 Å². The van der Waals surface area contributed by atoms with Crippen LogP contribution in [0.1, 0.15) is 11.1 Å². The zero-order valence-corrected chi connectivity index (χ0v) is 10.6. The van der Waals surface area contributed by atoms with Crippen LogP contribution in [0.5, 0.6) is 0 Å². The molecule has 2 rings (SSSR count). The summed E-state index contributed by atoms with van der Waals surface area (Å²) >= 11 is 0. The number of nitrogens with zero attached hydrogens (tertiary/aromatic N) is 1. The molecule has 0 aliphatic heterocycles. The summed E-state index contributed by atoms with van der Waals surface area (Å²) in [6, 6.07) is 8.12. The first kappa shape index (κ1) is 12.4. The van der Waals surface area contributed by atoms with Gasteiger partial charge in [-0.05, 0) is 25.1 Å². The van der Waals surface area contributed by atoms with Gasteiger partial charge in [0.25, 0.3) is 0 Å². The molecule has 4 nitrogen and oxygen atoms in total. The van der Waals surface area contributed by atoms with Crippen LogP contribution in [-0.2, 0) is 9.84 Å². The van der Waals surface area contributed by atoms with Gasteiger partial charge < -0.3 is 5.41 Å². The summed E-state index contributed by atoms with van der Waals surface area (Å²) in [5, 5.41) is 7.24. The van der Waals surface area contributed by atoms with Gasteiger partial charge in [0.05, 0.1) is 9.79 Å². The Balaban J connectivity index is 2.61. The Morgan fingerprint density at radius 1 is 1.17 bits per heavy atom. The second-order valence-corrected chi connectivity index (χ2v) is 5.79. The highest BCUT2D eigenvalue weighted by molar-refractivity contribution is 7.91. The van der Waals surface area contributed by atoms with Crippen LogP contribution < -0.4 is 0 Å². The fourth-order valence-corrected chi connectivity index (χ4v) is 2.96. The van der Waals surface area contributed by atoms with Crippen molar-refractivity contribution in [1.82, 2.24) is 4.98 Å². The third kappa shape index (κ3) is 2.17. The molecule has 5 heteroatoms. The highest BCUT2D eigenvalue weighted by Crippen LogP contribution is 2.22. The molecule has 2 aromatic rings. The van der Waals surface area contributed by atoms with Crippen molar-refractivity contribution in [3.8, 4) is 0 Å². The Hall–Kier alpha value is -2.01. The summed E-state index contributed by atoms with van der Waals surface area (Å²) in [6.45, 7) is 1.89. The average Bonchev–Trinajstić information content (AvgIpc) is 2.39. The number of nitrogens with one attached hydrogen (secondary N) is 1. The Bertz CT molecular complexity index is 676. The average molecular weight is 260 g/mol. The first-order valence-corrected chi connectivity index (χ1v) is 6.80. The summed E-state index contributed by atoms with van der Waals surface area (Å²) in [6.07, 6.45) is 3.76. The smallest absolute Gasteiger partial charge is 0.208 e. The van der Waals surface area contributed by atoms with E-state index in [-0.39, 0.29) is 9.79 Å². The summed E-state index contributed by atoms with van der Waals surface area (Å²) in [5.41, 5.74) is 1.33. The van der Waals surface area contributed by atoms with E-state index in [0.29, 0.717) is 5.56 Å². The van der Waals surface area contributed by atoms with E-state index in [1.54, 1.807) is 24.3 Å². The van der Waals surface area contributed by atoms with Gasteiger partial charge in [-0.2, -0.15) is 0 Å². The Labute approximate surface area is 106 Å². The zero-order chi connectivity index (χ0) is 13.2. The van der Waals surface area contributed by atoms with Gasteiger partial charge >= 0.3 is 0 Å². The number of rotatable bonds is 3. The maximum absolute atomic E-state index is 12.4. The highest BCUT2D eigenvalue weighted by atomic mass is 32.2. The molecule has 0 amide bonds.